The van der Waals surface area contributed by atoms with Crippen LogP contribution in [0.4, 0.5) is 24.5 Å². The van der Waals surface area contributed by atoms with Gasteiger partial charge in [-0.25, -0.2) is 13.2 Å². The van der Waals surface area contributed by atoms with E-state index in [0.717, 1.165) is 36.4 Å². The third-order valence-electron chi connectivity index (χ3n) is 4.30. The summed E-state index contributed by atoms with van der Waals surface area (Å²) in [6.45, 7) is 0. The molecule has 0 fully saturated rings. The van der Waals surface area contributed by atoms with E-state index in [1.807, 2.05) is 0 Å². The lowest BCUT2D eigenvalue weighted by Crippen LogP contribution is -2.16. The summed E-state index contributed by atoms with van der Waals surface area (Å²) in [5, 5.41) is 11.3. The topological polar surface area (TPSA) is 113 Å². The molecule has 0 radical (unpaired) electrons. The van der Waals surface area contributed by atoms with Crippen molar-refractivity contribution in [1.82, 2.24) is 0 Å². The molecule has 12 heteroatoms. The number of halogens is 4. The molecule has 0 bridgehead atoms. The first-order chi connectivity index (χ1) is 15.4. The maximum Gasteiger partial charge on any atom is 0.416 e. The number of hydrogen-bond acceptors (Lipinski definition) is 4. The fourth-order valence-electron chi connectivity index (χ4n) is 2.75. The van der Waals surface area contributed by atoms with Crippen molar-refractivity contribution in [2.24, 2.45) is 0 Å². The molecular weight excluding hydrogens is 485 g/mol. The highest BCUT2D eigenvalue weighted by Crippen LogP contribution is 2.31. The molecule has 33 heavy (non-hydrogen) atoms. The van der Waals surface area contributed by atoms with Gasteiger partial charge in [-0.1, -0.05) is 23.7 Å². The number of sulfonamides is 1. The minimum atomic E-state index is -4.58. The van der Waals surface area contributed by atoms with Crippen LogP contribution in [0.15, 0.2) is 71.6 Å². The standard InChI is InChI=1S/C21H14ClF3N2O5S/c22-18-8-7-16(11-17(18)20(29)30)33(31,32)27-15-6-1-3-12(9-15)19(28)26-14-5-2-4-13(10-14)21(23,24)25/h1-11,27H,(H,26,28)(H,29,30). The molecule has 0 atom stereocenters. The van der Waals surface area contributed by atoms with Gasteiger partial charge in [0.15, 0.2) is 0 Å². The van der Waals surface area contributed by atoms with Crippen molar-refractivity contribution in [3.8, 4) is 0 Å². The third kappa shape index (κ3) is 5.82. The lowest BCUT2D eigenvalue weighted by molar-refractivity contribution is -0.137. The molecule has 0 unspecified atom stereocenters. The minimum Gasteiger partial charge on any atom is -0.478 e. The Balaban J connectivity index is 1.82. The predicted octanol–water partition coefficient (Wildman–Crippen LogP) is 5.11. The summed E-state index contributed by atoms with van der Waals surface area (Å²) in [4.78, 5) is 23.3. The normalized spacial score (nSPS) is 11.6. The van der Waals surface area contributed by atoms with E-state index < -0.39 is 39.2 Å². The van der Waals surface area contributed by atoms with Gasteiger partial charge in [-0.2, -0.15) is 13.2 Å². The molecule has 3 aromatic carbocycles. The highest BCUT2D eigenvalue weighted by atomic mass is 35.5. The van der Waals surface area contributed by atoms with Gasteiger partial charge in [0, 0.05) is 16.9 Å². The van der Waals surface area contributed by atoms with Crippen molar-refractivity contribution in [1.29, 1.82) is 0 Å². The molecule has 0 heterocycles. The summed E-state index contributed by atoms with van der Waals surface area (Å²) in [6, 6.07) is 12.4. The molecule has 0 aromatic heterocycles. The smallest absolute Gasteiger partial charge is 0.416 e. The second-order valence-electron chi connectivity index (χ2n) is 6.67. The second-order valence-corrected chi connectivity index (χ2v) is 8.76. The van der Waals surface area contributed by atoms with Gasteiger partial charge in [0.2, 0.25) is 0 Å². The van der Waals surface area contributed by atoms with Crippen molar-refractivity contribution in [2.45, 2.75) is 11.1 Å². The van der Waals surface area contributed by atoms with Gasteiger partial charge >= 0.3 is 12.1 Å². The number of anilines is 2. The van der Waals surface area contributed by atoms with Gasteiger partial charge in [-0.05, 0) is 54.6 Å². The summed E-state index contributed by atoms with van der Waals surface area (Å²) in [5.74, 6) is -2.18. The van der Waals surface area contributed by atoms with Crippen LogP contribution in [0.3, 0.4) is 0 Å². The van der Waals surface area contributed by atoms with Crippen LogP contribution in [0.25, 0.3) is 0 Å². The number of benzene rings is 3. The van der Waals surface area contributed by atoms with E-state index in [1.54, 1.807) is 0 Å². The number of carbonyl (C=O) groups excluding carboxylic acids is 1. The first-order valence-electron chi connectivity index (χ1n) is 9.01. The van der Waals surface area contributed by atoms with Crippen LogP contribution in [0, 0.1) is 0 Å². The third-order valence-corrected chi connectivity index (χ3v) is 6.01. The summed E-state index contributed by atoms with van der Waals surface area (Å²) >= 11 is 5.76. The Morgan fingerprint density at radius 3 is 2.24 bits per heavy atom. The number of carbonyl (C=O) groups is 2. The Labute approximate surface area is 190 Å². The van der Waals surface area contributed by atoms with E-state index >= 15 is 0 Å². The molecular formula is C21H14ClF3N2O5S. The molecule has 7 nitrogen and oxygen atoms in total. The van der Waals surface area contributed by atoms with Crippen molar-refractivity contribution in [3.05, 3.63) is 88.4 Å². The zero-order valence-corrected chi connectivity index (χ0v) is 17.9. The minimum absolute atomic E-state index is 0.0292. The van der Waals surface area contributed by atoms with E-state index in [9.17, 15) is 31.2 Å². The molecule has 172 valence electrons. The van der Waals surface area contributed by atoms with Gasteiger partial charge in [0.25, 0.3) is 15.9 Å². The lowest BCUT2D eigenvalue weighted by Gasteiger charge is -2.12. The fourth-order valence-corrected chi connectivity index (χ4v) is 4.02. The van der Waals surface area contributed by atoms with Crippen LogP contribution in [0.1, 0.15) is 26.3 Å². The van der Waals surface area contributed by atoms with Crippen molar-refractivity contribution >= 4 is 44.9 Å². The van der Waals surface area contributed by atoms with Gasteiger partial charge in [-0.3, -0.25) is 9.52 Å². The van der Waals surface area contributed by atoms with Gasteiger partial charge in [-0.15, -0.1) is 0 Å². The van der Waals surface area contributed by atoms with Crippen LogP contribution >= 0.6 is 11.6 Å². The van der Waals surface area contributed by atoms with Crippen LogP contribution in [-0.2, 0) is 16.2 Å². The maximum atomic E-state index is 12.9. The van der Waals surface area contributed by atoms with Gasteiger partial charge in [0.05, 0.1) is 21.0 Å². The summed E-state index contributed by atoms with van der Waals surface area (Å²) in [6.07, 6.45) is -4.58. The number of alkyl halides is 3. The van der Waals surface area contributed by atoms with Crippen LogP contribution in [-0.4, -0.2) is 25.4 Å². The number of amides is 1. The van der Waals surface area contributed by atoms with Gasteiger partial charge in [0.1, 0.15) is 0 Å². The Hall–Kier alpha value is -3.57. The Kier molecular flexibility index (Phi) is 6.65. The van der Waals surface area contributed by atoms with Crippen LogP contribution in [0.2, 0.25) is 5.02 Å². The van der Waals surface area contributed by atoms with E-state index in [0.29, 0.717) is 0 Å². The molecule has 3 rings (SSSR count). The Morgan fingerprint density at radius 2 is 1.58 bits per heavy atom. The van der Waals surface area contributed by atoms with Gasteiger partial charge < -0.3 is 10.4 Å². The first kappa shape index (κ1) is 24.1. The molecule has 0 spiro atoms. The average Bonchev–Trinajstić information content (AvgIpc) is 2.73. The summed E-state index contributed by atoms with van der Waals surface area (Å²) in [5.41, 5.74) is -1.50. The average molecular weight is 499 g/mol. The number of carboxylic acids is 1. The first-order valence-corrected chi connectivity index (χ1v) is 10.9. The molecule has 0 aliphatic heterocycles. The van der Waals surface area contributed by atoms with E-state index in [-0.39, 0.29) is 26.9 Å². The summed E-state index contributed by atoms with van der Waals surface area (Å²) < 4.78 is 66.0. The zero-order valence-electron chi connectivity index (χ0n) is 16.4. The molecule has 0 saturated carbocycles. The molecule has 3 N–H and O–H groups in total. The van der Waals surface area contributed by atoms with E-state index in [1.165, 1.54) is 30.3 Å². The maximum absolute atomic E-state index is 12.9. The monoisotopic (exact) mass is 498 g/mol. The fraction of sp³-hybridized carbons (Fsp3) is 0.0476. The molecule has 0 aliphatic carbocycles. The molecule has 1 amide bonds. The number of carboxylic acid groups (broad SMARTS) is 1. The molecule has 3 aromatic rings. The molecule has 0 saturated heterocycles. The van der Waals surface area contributed by atoms with E-state index in [2.05, 4.69) is 10.0 Å². The van der Waals surface area contributed by atoms with Crippen molar-refractivity contribution < 1.29 is 36.3 Å². The number of nitrogens with one attached hydrogen (secondary N) is 2. The highest BCUT2D eigenvalue weighted by molar-refractivity contribution is 7.92. The lowest BCUT2D eigenvalue weighted by atomic mass is 10.1. The van der Waals surface area contributed by atoms with Crippen LogP contribution in [0.5, 0.6) is 0 Å². The quantitative estimate of drug-likeness (QED) is 0.437. The number of rotatable bonds is 6. The predicted molar refractivity (Wildman–Crippen MR) is 115 cm³/mol. The number of hydrogen-bond donors (Lipinski definition) is 3. The largest absolute Gasteiger partial charge is 0.478 e. The van der Waals surface area contributed by atoms with Crippen molar-refractivity contribution in [2.75, 3.05) is 10.0 Å². The number of aromatic carboxylic acids is 1. The highest BCUT2D eigenvalue weighted by Gasteiger charge is 2.30. The van der Waals surface area contributed by atoms with Crippen molar-refractivity contribution in [3.63, 3.8) is 0 Å². The SMILES string of the molecule is O=C(Nc1cccc(C(F)(F)F)c1)c1cccc(NS(=O)(=O)c2ccc(Cl)c(C(=O)O)c2)c1. The zero-order chi connectivity index (χ0) is 24.4. The Bertz CT molecular complexity index is 1340. The van der Waals surface area contributed by atoms with E-state index in [4.69, 9.17) is 16.7 Å². The second kappa shape index (κ2) is 9.12. The van der Waals surface area contributed by atoms with Crippen LogP contribution < -0.4 is 10.0 Å². The summed E-state index contributed by atoms with van der Waals surface area (Å²) in [7, 11) is -4.24. The Morgan fingerprint density at radius 1 is 0.909 bits per heavy atom. The molecule has 0 aliphatic rings.